The molecular formula is C11H19N. The average Bonchev–Trinajstić information content (AvgIpc) is 2.06. The van der Waals surface area contributed by atoms with Gasteiger partial charge >= 0.3 is 0 Å². The normalized spacial score (nSPS) is 31.7. The fraction of sp³-hybridized carbons (Fsp3) is 0.727. The molecule has 0 heterocycles. The van der Waals surface area contributed by atoms with E-state index in [4.69, 9.17) is 0 Å². The molecule has 1 aliphatic rings. The van der Waals surface area contributed by atoms with Crippen molar-refractivity contribution in [1.29, 1.82) is 0 Å². The highest BCUT2D eigenvalue weighted by molar-refractivity contribution is 5.54. The predicted molar refractivity (Wildman–Crippen MR) is 54.7 cm³/mol. The van der Waals surface area contributed by atoms with Crippen LogP contribution in [0.1, 0.15) is 40.5 Å². The van der Waals surface area contributed by atoms with Crippen molar-refractivity contribution < 1.29 is 0 Å². The minimum Gasteiger partial charge on any atom is -0.290 e. The predicted octanol–water partition coefficient (Wildman–Crippen LogP) is 3.21. The zero-order valence-corrected chi connectivity index (χ0v) is 8.59. The number of allylic oxidation sites excluding steroid dienone is 1. The van der Waals surface area contributed by atoms with E-state index < -0.39 is 0 Å². The number of hydrogen-bond acceptors (Lipinski definition) is 1. The molecule has 2 atom stereocenters. The summed E-state index contributed by atoms with van der Waals surface area (Å²) in [6.07, 6.45) is 4.50. The quantitative estimate of drug-likeness (QED) is 0.418. The molecule has 0 aromatic rings. The van der Waals surface area contributed by atoms with Crippen LogP contribution in [0.3, 0.4) is 0 Å². The van der Waals surface area contributed by atoms with Gasteiger partial charge in [-0.25, -0.2) is 0 Å². The maximum atomic E-state index is 4.51. The minimum atomic E-state index is 0.462. The summed E-state index contributed by atoms with van der Waals surface area (Å²) in [6, 6.07) is 0.462. The largest absolute Gasteiger partial charge is 0.290 e. The Morgan fingerprint density at radius 3 is 2.67 bits per heavy atom. The Morgan fingerprint density at radius 1 is 1.42 bits per heavy atom. The van der Waals surface area contributed by atoms with E-state index in [1.54, 1.807) is 5.57 Å². The molecule has 1 rings (SSSR count). The topological polar surface area (TPSA) is 12.4 Å². The average molecular weight is 165 g/mol. The van der Waals surface area contributed by atoms with Crippen LogP contribution in [0.2, 0.25) is 0 Å². The molecule has 1 nitrogen and oxygen atoms in total. The minimum absolute atomic E-state index is 0.462. The van der Waals surface area contributed by atoms with Crippen LogP contribution >= 0.6 is 0 Å². The third-order valence-electron chi connectivity index (χ3n) is 2.94. The third kappa shape index (κ3) is 1.77. The van der Waals surface area contributed by atoms with Crippen LogP contribution in [0.25, 0.3) is 0 Å². The van der Waals surface area contributed by atoms with Gasteiger partial charge in [-0.1, -0.05) is 12.5 Å². The molecule has 0 bridgehead atoms. The fourth-order valence-electron chi connectivity index (χ4n) is 1.90. The SMILES string of the molecule is CC=NC1C(C)=C(C)CCC1C. The first-order chi connectivity index (χ1) is 5.66. The molecule has 0 aromatic heterocycles. The third-order valence-corrected chi connectivity index (χ3v) is 2.94. The lowest BCUT2D eigenvalue weighted by atomic mass is 9.82. The Morgan fingerprint density at radius 2 is 2.08 bits per heavy atom. The van der Waals surface area contributed by atoms with Crippen LogP contribution in [-0.4, -0.2) is 12.3 Å². The molecule has 1 aliphatic carbocycles. The molecule has 2 unspecified atom stereocenters. The van der Waals surface area contributed by atoms with E-state index in [-0.39, 0.29) is 0 Å². The van der Waals surface area contributed by atoms with Gasteiger partial charge in [0.05, 0.1) is 6.04 Å². The molecule has 0 amide bonds. The number of hydrogen-bond donors (Lipinski definition) is 0. The van der Waals surface area contributed by atoms with Gasteiger partial charge in [0, 0.05) is 0 Å². The van der Waals surface area contributed by atoms with Crippen molar-refractivity contribution in [3.05, 3.63) is 11.1 Å². The van der Waals surface area contributed by atoms with E-state index in [2.05, 4.69) is 25.8 Å². The highest BCUT2D eigenvalue weighted by atomic mass is 14.8. The summed E-state index contributed by atoms with van der Waals surface area (Å²) >= 11 is 0. The van der Waals surface area contributed by atoms with Gasteiger partial charge in [-0.15, -0.1) is 0 Å². The monoisotopic (exact) mass is 165 g/mol. The maximum Gasteiger partial charge on any atom is 0.0730 e. The van der Waals surface area contributed by atoms with Gasteiger partial charge in [-0.2, -0.15) is 0 Å². The van der Waals surface area contributed by atoms with E-state index in [1.807, 2.05) is 13.1 Å². The van der Waals surface area contributed by atoms with E-state index in [0.29, 0.717) is 6.04 Å². The molecule has 0 radical (unpaired) electrons. The highest BCUT2D eigenvalue weighted by Crippen LogP contribution is 2.30. The lowest BCUT2D eigenvalue weighted by Gasteiger charge is -2.28. The van der Waals surface area contributed by atoms with Gasteiger partial charge in [0.1, 0.15) is 0 Å². The zero-order valence-electron chi connectivity index (χ0n) is 8.59. The van der Waals surface area contributed by atoms with Crippen molar-refractivity contribution in [3.8, 4) is 0 Å². The second kappa shape index (κ2) is 3.88. The molecule has 0 fully saturated rings. The summed E-state index contributed by atoms with van der Waals surface area (Å²) in [7, 11) is 0. The Hall–Kier alpha value is -0.590. The molecule has 0 aliphatic heterocycles. The molecule has 0 saturated carbocycles. The van der Waals surface area contributed by atoms with Crippen LogP contribution in [0.15, 0.2) is 16.1 Å². The van der Waals surface area contributed by atoms with Crippen molar-refractivity contribution in [2.45, 2.75) is 46.6 Å². The summed E-state index contributed by atoms with van der Waals surface area (Å²) < 4.78 is 0. The molecule has 1 heteroatoms. The first-order valence-electron chi connectivity index (χ1n) is 4.80. The molecule has 0 saturated heterocycles. The van der Waals surface area contributed by atoms with Crippen molar-refractivity contribution >= 4 is 6.21 Å². The van der Waals surface area contributed by atoms with Crippen LogP contribution in [0.4, 0.5) is 0 Å². The maximum absolute atomic E-state index is 4.51. The van der Waals surface area contributed by atoms with Gasteiger partial charge in [0.2, 0.25) is 0 Å². The second-order valence-electron chi connectivity index (χ2n) is 3.83. The first-order valence-corrected chi connectivity index (χ1v) is 4.80. The van der Waals surface area contributed by atoms with Gasteiger partial charge in [0.25, 0.3) is 0 Å². The number of nitrogens with zero attached hydrogens (tertiary/aromatic N) is 1. The zero-order chi connectivity index (χ0) is 9.14. The Kier molecular flexibility index (Phi) is 3.07. The summed E-state index contributed by atoms with van der Waals surface area (Å²) in [5.74, 6) is 0.727. The van der Waals surface area contributed by atoms with Crippen molar-refractivity contribution in [2.24, 2.45) is 10.9 Å². The molecule has 68 valence electrons. The van der Waals surface area contributed by atoms with Gasteiger partial charge < -0.3 is 0 Å². The van der Waals surface area contributed by atoms with E-state index in [1.165, 1.54) is 18.4 Å². The first kappa shape index (κ1) is 9.50. The van der Waals surface area contributed by atoms with Gasteiger partial charge in [-0.05, 0) is 51.3 Å². The molecule has 0 aromatic carbocycles. The molecule has 0 spiro atoms. The number of rotatable bonds is 1. The lowest BCUT2D eigenvalue weighted by molar-refractivity contribution is 0.439. The van der Waals surface area contributed by atoms with E-state index in [9.17, 15) is 0 Å². The fourth-order valence-corrected chi connectivity index (χ4v) is 1.90. The van der Waals surface area contributed by atoms with E-state index >= 15 is 0 Å². The Bertz CT molecular complexity index is 213. The van der Waals surface area contributed by atoms with Gasteiger partial charge in [-0.3, -0.25) is 4.99 Å². The summed E-state index contributed by atoms with van der Waals surface area (Å²) in [5.41, 5.74) is 3.04. The summed E-state index contributed by atoms with van der Waals surface area (Å²) in [4.78, 5) is 4.51. The molecule has 12 heavy (non-hydrogen) atoms. The van der Waals surface area contributed by atoms with E-state index in [0.717, 1.165) is 5.92 Å². The van der Waals surface area contributed by atoms with Crippen molar-refractivity contribution in [2.75, 3.05) is 0 Å². The van der Waals surface area contributed by atoms with Crippen molar-refractivity contribution in [3.63, 3.8) is 0 Å². The number of aliphatic imine (C=N–C) groups is 1. The summed E-state index contributed by atoms with van der Waals surface area (Å²) in [6.45, 7) is 8.76. The van der Waals surface area contributed by atoms with Crippen LogP contribution in [0.5, 0.6) is 0 Å². The molecular weight excluding hydrogens is 146 g/mol. The van der Waals surface area contributed by atoms with Crippen LogP contribution < -0.4 is 0 Å². The second-order valence-corrected chi connectivity index (χ2v) is 3.83. The smallest absolute Gasteiger partial charge is 0.0730 e. The van der Waals surface area contributed by atoms with Crippen LogP contribution in [-0.2, 0) is 0 Å². The Balaban J connectivity index is 2.86. The van der Waals surface area contributed by atoms with Crippen molar-refractivity contribution in [1.82, 2.24) is 0 Å². The molecule has 0 N–H and O–H groups in total. The van der Waals surface area contributed by atoms with Gasteiger partial charge in [0.15, 0.2) is 0 Å². The highest BCUT2D eigenvalue weighted by Gasteiger charge is 2.23. The Labute approximate surface area is 75.6 Å². The standard InChI is InChI=1S/C11H19N/c1-5-12-11-9(3)7-6-8(2)10(11)4/h5,9,11H,6-7H2,1-4H3. The lowest BCUT2D eigenvalue weighted by Crippen LogP contribution is -2.22. The van der Waals surface area contributed by atoms with Crippen LogP contribution in [0, 0.1) is 5.92 Å². The summed E-state index contributed by atoms with van der Waals surface area (Å²) in [5, 5.41) is 0.